The third-order valence-corrected chi connectivity index (χ3v) is 7.68. The predicted octanol–water partition coefficient (Wildman–Crippen LogP) is 6.15. The maximum absolute atomic E-state index is 9.50. The molecular formula is C28H16N4S2. The lowest BCUT2D eigenvalue weighted by atomic mass is 10.0. The first-order valence-corrected chi connectivity index (χ1v) is 11.8. The van der Waals surface area contributed by atoms with Crippen LogP contribution in [0.3, 0.4) is 0 Å². The Kier molecular flexibility index (Phi) is 6.40. The molecule has 4 aromatic rings. The van der Waals surface area contributed by atoms with Crippen molar-refractivity contribution in [1.82, 2.24) is 0 Å². The average Bonchev–Trinajstić information content (AvgIpc) is 3.46. The van der Waals surface area contributed by atoms with Crippen molar-refractivity contribution in [2.45, 2.75) is 13.8 Å². The van der Waals surface area contributed by atoms with Crippen molar-refractivity contribution in [2.24, 2.45) is 0 Å². The van der Waals surface area contributed by atoms with Gasteiger partial charge in [0.2, 0.25) is 0 Å². The van der Waals surface area contributed by atoms with E-state index in [0.717, 1.165) is 42.4 Å². The van der Waals surface area contributed by atoms with Crippen molar-refractivity contribution < 1.29 is 0 Å². The van der Waals surface area contributed by atoms with Gasteiger partial charge in [-0.25, -0.2) is 0 Å². The minimum absolute atomic E-state index is 0.0281. The molecule has 0 atom stereocenters. The first-order valence-electron chi connectivity index (χ1n) is 10.2. The van der Waals surface area contributed by atoms with Crippen molar-refractivity contribution in [1.29, 1.82) is 10.5 Å². The first-order chi connectivity index (χ1) is 16.5. The van der Waals surface area contributed by atoms with Crippen LogP contribution in [0.2, 0.25) is 0 Å². The monoisotopic (exact) mass is 472 g/mol. The molecule has 0 spiro atoms. The number of nitriles is 2. The Bertz CT molecular complexity index is 1660. The summed E-state index contributed by atoms with van der Waals surface area (Å²) in [6.07, 6.45) is 0. The van der Waals surface area contributed by atoms with E-state index in [-0.39, 0.29) is 11.4 Å². The Morgan fingerprint density at radius 1 is 0.735 bits per heavy atom. The maximum atomic E-state index is 9.50. The second kappa shape index (κ2) is 9.58. The molecule has 34 heavy (non-hydrogen) atoms. The summed E-state index contributed by atoms with van der Waals surface area (Å²) in [5, 5.41) is 19.0. The molecule has 0 aliphatic heterocycles. The van der Waals surface area contributed by atoms with Crippen LogP contribution in [0, 0.1) is 58.7 Å². The molecule has 0 aliphatic carbocycles. The van der Waals surface area contributed by atoms with Gasteiger partial charge in [-0.15, -0.1) is 22.7 Å². The number of thiophene rings is 2. The summed E-state index contributed by atoms with van der Waals surface area (Å²) in [7, 11) is 0. The van der Waals surface area contributed by atoms with Gasteiger partial charge in [0.1, 0.15) is 35.4 Å². The van der Waals surface area contributed by atoms with Crippen LogP contribution in [-0.4, -0.2) is 0 Å². The lowest BCUT2D eigenvalue weighted by Crippen LogP contribution is -1.94. The maximum Gasteiger partial charge on any atom is 0.536 e. The van der Waals surface area contributed by atoms with Gasteiger partial charge < -0.3 is 0 Å². The standard InChI is InChI=1S/C28H16N4S2/c1-17-7-5-9-19(11-17)22-13-24(21(15-29)16-30)33-26(22)27-23(20-10-6-8-18(2)12-20)14-25(34-27)28(31-3)32-4/h5-14H,1-2H3/b27-26+. The number of benzene rings is 2. The summed E-state index contributed by atoms with van der Waals surface area (Å²) < 4.78 is 3.02. The minimum Gasteiger partial charge on any atom is -0.192 e. The van der Waals surface area contributed by atoms with E-state index in [1.54, 1.807) is 0 Å². The Balaban J connectivity index is 2.31. The predicted molar refractivity (Wildman–Crippen MR) is 137 cm³/mol. The number of rotatable bonds is 2. The lowest BCUT2D eigenvalue weighted by Gasteiger charge is -2.02. The SMILES string of the molecule is [C-]#[N+]C([N+]#[C-])=c1cc(-c2cccc(C)c2)/c(=c2\sc(=C(C#N)C#N)cc2-c2cccc(C)c2)s1. The molecule has 2 heterocycles. The van der Waals surface area contributed by atoms with E-state index in [1.165, 1.54) is 22.7 Å². The Morgan fingerprint density at radius 2 is 1.21 bits per heavy atom. The van der Waals surface area contributed by atoms with E-state index in [9.17, 15) is 10.5 Å². The normalized spacial score (nSPS) is 11.0. The third kappa shape index (κ3) is 4.25. The average molecular weight is 473 g/mol. The second-order valence-electron chi connectivity index (χ2n) is 7.59. The van der Waals surface area contributed by atoms with Crippen molar-refractivity contribution in [3.63, 3.8) is 0 Å². The Morgan fingerprint density at radius 3 is 1.65 bits per heavy atom. The molecule has 0 saturated carbocycles. The molecule has 0 radical (unpaired) electrons. The third-order valence-electron chi connectivity index (χ3n) is 5.23. The van der Waals surface area contributed by atoms with Gasteiger partial charge in [0.25, 0.3) is 0 Å². The van der Waals surface area contributed by atoms with Crippen LogP contribution in [0.5, 0.6) is 0 Å². The van der Waals surface area contributed by atoms with Crippen LogP contribution in [0.4, 0.5) is 0 Å². The molecule has 4 rings (SSSR count). The smallest absolute Gasteiger partial charge is 0.192 e. The van der Waals surface area contributed by atoms with E-state index < -0.39 is 0 Å². The molecule has 0 aliphatic rings. The zero-order valence-electron chi connectivity index (χ0n) is 18.4. The van der Waals surface area contributed by atoms with Crippen LogP contribution < -0.4 is 9.06 Å². The van der Waals surface area contributed by atoms with E-state index in [2.05, 4.69) is 21.8 Å². The van der Waals surface area contributed by atoms with Gasteiger partial charge >= 0.3 is 5.82 Å². The minimum atomic E-state index is 0.0281. The zero-order valence-corrected chi connectivity index (χ0v) is 20.0. The fourth-order valence-electron chi connectivity index (χ4n) is 3.68. The summed E-state index contributed by atoms with van der Waals surface area (Å²) in [6, 6.07) is 24.0. The highest BCUT2D eigenvalue weighted by molar-refractivity contribution is 7.12. The molecule has 0 amide bonds. The fourth-order valence-corrected chi connectivity index (χ4v) is 6.08. The molecule has 0 N–H and O–H groups in total. The van der Waals surface area contributed by atoms with Crippen molar-refractivity contribution in [2.75, 3.05) is 0 Å². The summed E-state index contributed by atoms with van der Waals surface area (Å²) in [6.45, 7) is 18.9. The van der Waals surface area contributed by atoms with E-state index in [0.29, 0.717) is 9.06 Å². The van der Waals surface area contributed by atoms with Gasteiger partial charge in [0.05, 0.1) is 13.6 Å². The molecule has 0 fully saturated rings. The summed E-state index contributed by atoms with van der Waals surface area (Å²) >= 11 is 2.78. The van der Waals surface area contributed by atoms with Crippen LogP contribution in [-0.2, 0) is 0 Å². The molecule has 6 heteroatoms. The van der Waals surface area contributed by atoms with Gasteiger partial charge in [-0.05, 0) is 37.1 Å². The van der Waals surface area contributed by atoms with Crippen molar-refractivity contribution in [3.05, 3.63) is 113 Å². The van der Waals surface area contributed by atoms with Crippen molar-refractivity contribution >= 4 is 34.1 Å². The van der Waals surface area contributed by atoms with Gasteiger partial charge in [-0.3, -0.25) is 0 Å². The number of hydrogen-bond donors (Lipinski definition) is 0. The fraction of sp³-hybridized carbons (Fsp3) is 0.0714. The lowest BCUT2D eigenvalue weighted by molar-refractivity contribution is 1.46. The summed E-state index contributed by atoms with van der Waals surface area (Å²) in [4.78, 5) is 6.85. The molecule has 0 saturated heterocycles. The van der Waals surface area contributed by atoms with E-state index in [4.69, 9.17) is 13.1 Å². The molecular weight excluding hydrogens is 456 g/mol. The second-order valence-corrected chi connectivity index (χ2v) is 9.70. The molecule has 4 nitrogen and oxygen atoms in total. The van der Waals surface area contributed by atoms with E-state index >= 15 is 0 Å². The molecule has 0 unspecified atom stereocenters. The van der Waals surface area contributed by atoms with E-state index in [1.807, 2.05) is 74.5 Å². The zero-order chi connectivity index (χ0) is 24.2. The van der Waals surface area contributed by atoms with Gasteiger partial charge in [-0.2, -0.15) is 20.2 Å². The highest BCUT2D eigenvalue weighted by Crippen LogP contribution is 2.30. The van der Waals surface area contributed by atoms with Gasteiger partial charge in [-0.1, -0.05) is 59.7 Å². The molecule has 0 bridgehead atoms. The van der Waals surface area contributed by atoms with Gasteiger partial charge in [0, 0.05) is 11.1 Å². The van der Waals surface area contributed by atoms with Crippen LogP contribution in [0.25, 0.3) is 43.3 Å². The quantitative estimate of drug-likeness (QED) is 0.329. The highest BCUT2D eigenvalue weighted by Gasteiger charge is 2.14. The first kappa shape index (κ1) is 22.7. The summed E-state index contributed by atoms with van der Waals surface area (Å²) in [5.74, 6) is 0.0281. The largest absolute Gasteiger partial charge is 0.536 e. The number of nitrogens with zero attached hydrogens (tertiary/aromatic N) is 4. The Labute approximate surface area is 205 Å². The van der Waals surface area contributed by atoms with Crippen LogP contribution in [0.1, 0.15) is 11.1 Å². The number of hydrogen-bond acceptors (Lipinski definition) is 4. The van der Waals surface area contributed by atoms with Crippen LogP contribution in [0.15, 0.2) is 60.7 Å². The molecule has 2 aromatic carbocycles. The topological polar surface area (TPSA) is 56.3 Å². The van der Waals surface area contributed by atoms with Crippen LogP contribution >= 0.6 is 22.7 Å². The highest BCUT2D eigenvalue weighted by atomic mass is 32.1. The van der Waals surface area contributed by atoms with Gasteiger partial charge in [0.15, 0.2) is 0 Å². The van der Waals surface area contributed by atoms with Crippen molar-refractivity contribution in [3.8, 4) is 34.4 Å². The Hall–Kier alpha value is -4.46. The molecule has 160 valence electrons. The number of aryl methyl sites for hydroxylation is 2. The summed E-state index contributed by atoms with van der Waals surface area (Å²) in [5.41, 5.74) is 6.08. The molecule has 2 aromatic heterocycles.